The van der Waals surface area contributed by atoms with Crippen LogP contribution in [0.5, 0.6) is 0 Å². The Hall–Kier alpha value is -2.04. The van der Waals surface area contributed by atoms with Crippen molar-refractivity contribution in [1.82, 2.24) is 9.97 Å². The summed E-state index contributed by atoms with van der Waals surface area (Å²) in [5.41, 5.74) is 0. The van der Waals surface area contributed by atoms with Gasteiger partial charge >= 0.3 is 0 Å². The second-order valence-corrected chi connectivity index (χ2v) is 5.44. The molecule has 0 bridgehead atoms. The highest BCUT2D eigenvalue weighted by molar-refractivity contribution is 5.48. The molecule has 0 saturated carbocycles. The van der Waals surface area contributed by atoms with E-state index in [1.165, 1.54) is 0 Å². The van der Waals surface area contributed by atoms with Crippen LogP contribution in [0.3, 0.4) is 0 Å². The summed E-state index contributed by atoms with van der Waals surface area (Å²) in [4.78, 5) is 9.10. The highest BCUT2D eigenvalue weighted by Gasteiger charge is 2.08. The van der Waals surface area contributed by atoms with Gasteiger partial charge in [-0.05, 0) is 25.5 Å². The molecular weight excluding hydrogens is 264 g/mol. The minimum atomic E-state index is 0.291. The number of aromatic nitrogens is 2. The van der Waals surface area contributed by atoms with Gasteiger partial charge in [-0.3, -0.25) is 0 Å². The maximum atomic E-state index is 5.56. The van der Waals surface area contributed by atoms with Gasteiger partial charge in [0.25, 0.3) is 0 Å². The Morgan fingerprint density at radius 2 is 1.86 bits per heavy atom. The smallest absolute Gasteiger partial charge is 0.135 e. The third-order valence-corrected chi connectivity index (χ3v) is 3.06. The van der Waals surface area contributed by atoms with Crippen LogP contribution in [0.15, 0.2) is 22.6 Å². The highest BCUT2D eigenvalue weighted by atomic mass is 16.3. The molecule has 0 aliphatic rings. The van der Waals surface area contributed by atoms with Gasteiger partial charge in [-0.25, -0.2) is 9.97 Å². The van der Waals surface area contributed by atoms with Crippen LogP contribution in [0.1, 0.15) is 50.5 Å². The molecule has 0 saturated heterocycles. The third kappa shape index (κ3) is 4.48. The van der Waals surface area contributed by atoms with Gasteiger partial charge in [-0.2, -0.15) is 0 Å². The Balaban J connectivity index is 2.11. The number of hydrogen-bond donors (Lipinski definition) is 2. The second-order valence-electron chi connectivity index (χ2n) is 5.44. The predicted octanol–water partition coefficient (Wildman–Crippen LogP) is 3.94. The van der Waals surface area contributed by atoms with Gasteiger partial charge in [-0.15, -0.1) is 0 Å². The second kappa shape index (κ2) is 7.11. The Morgan fingerprint density at radius 3 is 2.43 bits per heavy atom. The van der Waals surface area contributed by atoms with E-state index in [-0.39, 0.29) is 0 Å². The first kappa shape index (κ1) is 15.4. The lowest BCUT2D eigenvalue weighted by Gasteiger charge is -2.12. The zero-order chi connectivity index (χ0) is 15.2. The number of hydrogen-bond acceptors (Lipinski definition) is 5. The standard InChI is InChI=1S/C16H24N4O/c1-5-8-17-14-9-15(20-16(19-14)11(2)3)18-10-13-7-6-12(4)21-13/h6-7,9,11H,5,8,10H2,1-4H3,(H2,17,18,19,20). The lowest BCUT2D eigenvalue weighted by atomic mass is 10.2. The summed E-state index contributed by atoms with van der Waals surface area (Å²) in [7, 11) is 0. The maximum Gasteiger partial charge on any atom is 0.135 e. The van der Waals surface area contributed by atoms with Crippen molar-refractivity contribution < 1.29 is 4.42 Å². The van der Waals surface area contributed by atoms with E-state index in [0.29, 0.717) is 12.5 Å². The topological polar surface area (TPSA) is 63.0 Å². The Morgan fingerprint density at radius 1 is 1.14 bits per heavy atom. The van der Waals surface area contributed by atoms with E-state index in [9.17, 15) is 0 Å². The van der Waals surface area contributed by atoms with E-state index in [4.69, 9.17) is 4.42 Å². The molecule has 2 rings (SSSR count). The molecule has 2 N–H and O–H groups in total. The molecule has 0 fully saturated rings. The Kier molecular flexibility index (Phi) is 5.20. The fourth-order valence-electron chi connectivity index (χ4n) is 1.92. The van der Waals surface area contributed by atoms with Crippen molar-refractivity contribution in [2.75, 3.05) is 17.2 Å². The number of nitrogens with zero attached hydrogens (tertiary/aromatic N) is 2. The number of rotatable bonds is 7. The van der Waals surface area contributed by atoms with E-state index in [0.717, 1.165) is 41.9 Å². The summed E-state index contributed by atoms with van der Waals surface area (Å²) in [6.45, 7) is 9.80. The molecule has 0 atom stereocenters. The Bertz CT molecular complexity index is 577. The summed E-state index contributed by atoms with van der Waals surface area (Å²) in [6.07, 6.45) is 1.06. The van der Waals surface area contributed by atoms with Crippen LogP contribution in [0.25, 0.3) is 0 Å². The molecule has 0 spiro atoms. The van der Waals surface area contributed by atoms with Gasteiger partial charge in [0.2, 0.25) is 0 Å². The van der Waals surface area contributed by atoms with Crippen LogP contribution in [0.4, 0.5) is 11.6 Å². The zero-order valence-corrected chi connectivity index (χ0v) is 13.2. The van der Waals surface area contributed by atoms with Crippen LogP contribution < -0.4 is 10.6 Å². The lowest BCUT2D eigenvalue weighted by molar-refractivity contribution is 0.490. The molecule has 2 heterocycles. The number of furan rings is 1. The van der Waals surface area contributed by atoms with Gasteiger partial charge in [0.15, 0.2) is 0 Å². The predicted molar refractivity (Wildman–Crippen MR) is 85.7 cm³/mol. The van der Waals surface area contributed by atoms with Crippen molar-refractivity contribution in [3.05, 3.63) is 35.5 Å². The zero-order valence-electron chi connectivity index (χ0n) is 13.2. The molecule has 0 radical (unpaired) electrons. The summed E-state index contributed by atoms with van der Waals surface area (Å²) >= 11 is 0. The summed E-state index contributed by atoms with van der Waals surface area (Å²) in [5, 5.41) is 6.62. The normalized spacial score (nSPS) is 10.9. The van der Waals surface area contributed by atoms with Gasteiger partial charge in [-0.1, -0.05) is 20.8 Å². The number of anilines is 2. The number of aryl methyl sites for hydroxylation is 1. The molecule has 114 valence electrons. The summed E-state index contributed by atoms with van der Waals surface area (Å²) in [5.74, 6) is 4.65. The largest absolute Gasteiger partial charge is 0.465 e. The van der Waals surface area contributed by atoms with Gasteiger partial charge in [0, 0.05) is 18.5 Å². The van der Waals surface area contributed by atoms with Crippen LogP contribution in [-0.4, -0.2) is 16.5 Å². The van der Waals surface area contributed by atoms with E-state index in [1.807, 2.05) is 25.1 Å². The summed E-state index contributed by atoms with van der Waals surface area (Å²) < 4.78 is 5.56. The van der Waals surface area contributed by atoms with Crippen LogP contribution in [0.2, 0.25) is 0 Å². The van der Waals surface area contributed by atoms with Crippen LogP contribution >= 0.6 is 0 Å². The fourth-order valence-corrected chi connectivity index (χ4v) is 1.92. The average Bonchev–Trinajstić information content (AvgIpc) is 2.88. The van der Waals surface area contributed by atoms with Crippen molar-refractivity contribution in [1.29, 1.82) is 0 Å². The molecule has 0 unspecified atom stereocenters. The Labute approximate surface area is 126 Å². The van der Waals surface area contributed by atoms with E-state index in [2.05, 4.69) is 41.4 Å². The van der Waals surface area contributed by atoms with Gasteiger partial charge in [0.1, 0.15) is 29.0 Å². The van der Waals surface area contributed by atoms with Crippen LogP contribution in [-0.2, 0) is 6.54 Å². The van der Waals surface area contributed by atoms with Gasteiger partial charge < -0.3 is 15.1 Å². The molecule has 0 amide bonds. The minimum Gasteiger partial charge on any atom is -0.465 e. The SMILES string of the molecule is CCCNc1cc(NCc2ccc(C)o2)nc(C(C)C)n1. The van der Waals surface area contributed by atoms with Crippen molar-refractivity contribution in [3.63, 3.8) is 0 Å². The molecular formula is C16H24N4O. The van der Waals surface area contributed by atoms with Crippen molar-refractivity contribution in [2.45, 2.75) is 46.6 Å². The van der Waals surface area contributed by atoms with E-state index in [1.54, 1.807) is 0 Å². The summed E-state index contributed by atoms with van der Waals surface area (Å²) in [6, 6.07) is 5.88. The first-order chi connectivity index (χ1) is 10.1. The highest BCUT2D eigenvalue weighted by Crippen LogP contribution is 2.18. The first-order valence-corrected chi connectivity index (χ1v) is 7.50. The first-order valence-electron chi connectivity index (χ1n) is 7.50. The maximum absolute atomic E-state index is 5.56. The van der Waals surface area contributed by atoms with E-state index < -0.39 is 0 Å². The molecule has 0 aromatic carbocycles. The van der Waals surface area contributed by atoms with Crippen molar-refractivity contribution >= 4 is 11.6 Å². The third-order valence-electron chi connectivity index (χ3n) is 3.06. The van der Waals surface area contributed by atoms with Crippen molar-refractivity contribution in [3.8, 4) is 0 Å². The van der Waals surface area contributed by atoms with Crippen LogP contribution in [0, 0.1) is 6.92 Å². The monoisotopic (exact) mass is 288 g/mol. The van der Waals surface area contributed by atoms with Gasteiger partial charge in [0.05, 0.1) is 6.54 Å². The molecule has 0 aliphatic carbocycles. The van der Waals surface area contributed by atoms with Crippen molar-refractivity contribution in [2.24, 2.45) is 0 Å². The molecule has 0 aliphatic heterocycles. The molecule has 2 aromatic heterocycles. The quantitative estimate of drug-likeness (QED) is 0.808. The minimum absolute atomic E-state index is 0.291. The molecule has 2 aromatic rings. The molecule has 5 nitrogen and oxygen atoms in total. The average molecular weight is 288 g/mol. The molecule has 21 heavy (non-hydrogen) atoms. The fraction of sp³-hybridized carbons (Fsp3) is 0.500. The molecule has 5 heteroatoms. The lowest BCUT2D eigenvalue weighted by Crippen LogP contribution is -2.09. The number of nitrogens with one attached hydrogen (secondary N) is 2. The van der Waals surface area contributed by atoms with E-state index >= 15 is 0 Å².